The Morgan fingerprint density at radius 2 is 1.88 bits per heavy atom. The van der Waals surface area contributed by atoms with Crippen LogP contribution < -0.4 is 15.2 Å². The van der Waals surface area contributed by atoms with E-state index in [1.54, 1.807) is 49.6 Å². The molecule has 0 fully saturated rings. The molecule has 0 aliphatic carbocycles. The minimum Gasteiger partial charge on any atom is -0.497 e. The van der Waals surface area contributed by atoms with Gasteiger partial charge in [0.25, 0.3) is 0 Å². The molecule has 0 radical (unpaired) electrons. The highest BCUT2D eigenvalue weighted by Gasteiger charge is 2.10. The van der Waals surface area contributed by atoms with Gasteiger partial charge < -0.3 is 15.2 Å². The van der Waals surface area contributed by atoms with Crippen LogP contribution in [-0.2, 0) is 6.42 Å². The number of ether oxygens (including phenoxy) is 2. The second kappa shape index (κ2) is 7.89. The summed E-state index contributed by atoms with van der Waals surface area (Å²) in [4.78, 5) is 16.5. The number of ketones is 1. The molecule has 0 aliphatic heterocycles. The number of anilines is 1. The predicted octanol–water partition coefficient (Wildman–Crippen LogP) is 4.54. The number of benzene rings is 2. The van der Waals surface area contributed by atoms with Crippen molar-refractivity contribution in [3.05, 3.63) is 76.9 Å². The van der Waals surface area contributed by atoms with Crippen molar-refractivity contribution in [2.24, 2.45) is 0 Å². The number of nitrogens with zero attached hydrogens (tertiary/aromatic N) is 1. The SMILES string of the molecule is COc1cccc(C(=O)Cc2cccc(Oc3cc(Cl)cnc3N)c2)c1. The van der Waals surface area contributed by atoms with Crippen LogP contribution in [0.1, 0.15) is 15.9 Å². The first-order chi connectivity index (χ1) is 12.5. The molecule has 0 spiro atoms. The molecule has 0 unspecified atom stereocenters. The fourth-order valence-corrected chi connectivity index (χ4v) is 2.59. The number of pyridine rings is 1. The topological polar surface area (TPSA) is 74.4 Å². The van der Waals surface area contributed by atoms with E-state index in [1.165, 1.54) is 6.20 Å². The Kier molecular flexibility index (Phi) is 5.39. The van der Waals surface area contributed by atoms with Gasteiger partial charge in [0.15, 0.2) is 17.4 Å². The fourth-order valence-electron chi connectivity index (χ4n) is 2.44. The van der Waals surface area contributed by atoms with Gasteiger partial charge in [-0.05, 0) is 29.8 Å². The molecule has 0 saturated heterocycles. The molecule has 26 heavy (non-hydrogen) atoms. The quantitative estimate of drug-likeness (QED) is 0.646. The molecular formula is C20H17ClN2O3. The van der Waals surface area contributed by atoms with Crippen molar-refractivity contribution in [1.29, 1.82) is 0 Å². The summed E-state index contributed by atoms with van der Waals surface area (Å²) < 4.78 is 10.9. The van der Waals surface area contributed by atoms with E-state index in [-0.39, 0.29) is 18.0 Å². The minimum atomic E-state index is -0.00927. The van der Waals surface area contributed by atoms with E-state index in [2.05, 4.69) is 4.98 Å². The average Bonchev–Trinajstić information content (AvgIpc) is 2.65. The number of methoxy groups -OCH3 is 1. The molecule has 6 heteroatoms. The summed E-state index contributed by atoms with van der Waals surface area (Å²) in [7, 11) is 1.57. The smallest absolute Gasteiger partial charge is 0.170 e. The third kappa shape index (κ3) is 4.32. The van der Waals surface area contributed by atoms with Gasteiger partial charge in [-0.25, -0.2) is 4.98 Å². The lowest BCUT2D eigenvalue weighted by Gasteiger charge is -2.09. The molecule has 132 valence electrons. The average molecular weight is 369 g/mol. The largest absolute Gasteiger partial charge is 0.497 e. The zero-order chi connectivity index (χ0) is 18.5. The lowest BCUT2D eigenvalue weighted by atomic mass is 10.0. The number of aromatic nitrogens is 1. The van der Waals surface area contributed by atoms with Crippen LogP contribution in [0.5, 0.6) is 17.2 Å². The molecular weight excluding hydrogens is 352 g/mol. The van der Waals surface area contributed by atoms with E-state index < -0.39 is 0 Å². The van der Waals surface area contributed by atoms with Crippen molar-refractivity contribution in [2.75, 3.05) is 12.8 Å². The molecule has 1 heterocycles. The predicted molar refractivity (Wildman–Crippen MR) is 101 cm³/mol. The normalized spacial score (nSPS) is 10.4. The van der Waals surface area contributed by atoms with Gasteiger partial charge in [-0.1, -0.05) is 35.9 Å². The van der Waals surface area contributed by atoms with Crippen molar-refractivity contribution in [1.82, 2.24) is 4.98 Å². The van der Waals surface area contributed by atoms with Crippen LogP contribution >= 0.6 is 11.6 Å². The molecule has 0 bridgehead atoms. The summed E-state index contributed by atoms with van der Waals surface area (Å²) in [5.41, 5.74) is 7.22. The molecule has 2 N–H and O–H groups in total. The van der Waals surface area contributed by atoms with Gasteiger partial charge in [0, 0.05) is 24.2 Å². The van der Waals surface area contributed by atoms with Crippen molar-refractivity contribution in [2.45, 2.75) is 6.42 Å². The van der Waals surface area contributed by atoms with Gasteiger partial charge in [0.2, 0.25) is 0 Å². The van der Waals surface area contributed by atoms with Gasteiger partial charge >= 0.3 is 0 Å². The first-order valence-corrected chi connectivity index (χ1v) is 8.28. The molecule has 0 atom stereocenters. The Morgan fingerprint density at radius 3 is 2.69 bits per heavy atom. The van der Waals surface area contributed by atoms with Crippen LogP contribution in [-0.4, -0.2) is 17.9 Å². The number of hydrogen-bond acceptors (Lipinski definition) is 5. The van der Waals surface area contributed by atoms with E-state index in [0.29, 0.717) is 27.8 Å². The zero-order valence-electron chi connectivity index (χ0n) is 14.1. The Bertz CT molecular complexity index is 944. The molecule has 0 amide bonds. The Hall–Kier alpha value is -3.05. The number of carbonyl (C=O) groups is 1. The van der Waals surface area contributed by atoms with Crippen LogP contribution in [0.15, 0.2) is 60.8 Å². The molecule has 3 rings (SSSR count). The van der Waals surface area contributed by atoms with Crippen molar-refractivity contribution in [3.8, 4) is 17.2 Å². The Morgan fingerprint density at radius 1 is 1.12 bits per heavy atom. The van der Waals surface area contributed by atoms with Crippen molar-refractivity contribution in [3.63, 3.8) is 0 Å². The number of halogens is 1. The van der Waals surface area contributed by atoms with E-state index in [0.717, 1.165) is 5.56 Å². The van der Waals surface area contributed by atoms with E-state index in [9.17, 15) is 4.79 Å². The van der Waals surface area contributed by atoms with Crippen LogP contribution in [0.2, 0.25) is 5.02 Å². The summed E-state index contributed by atoms with van der Waals surface area (Å²) in [5, 5.41) is 0.429. The summed E-state index contributed by atoms with van der Waals surface area (Å²) in [6, 6.07) is 15.9. The molecule has 3 aromatic rings. The lowest BCUT2D eigenvalue weighted by molar-refractivity contribution is 0.0992. The number of Topliss-reactive ketones (excluding diaryl/α,β-unsaturated/α-hetero) is 1. The summed E-state index contributed by atoms with van der Waals surface area (Å²) in [6.45, 7) is 0. The van der Waals surface area contributed by atoms with E-state index in [4.69, 9.17) is 26.8 Å². The van der Waals surface area contributed by atoms with Gasteiger partial charge in [-0.15, -0.1) is 0 Å². The summed E-state index contributed by atoms with van der Waals surface area (Å²) >= 11 is 5.92. The standard InChI is InChI=1S/C20H17ClN2O3/c1-25-16-6-3-5-14(10-16)18(24)9-13-4-2-7-17(8-13)26-19-11-15(21)12-23-20(19)22/h2-8,10-12H,9H2,1H3,(H2,22,23). The summed E-state index contributed by atoms with van der Waals surface area (Å²) in [6.07, 6.45) is 1.70. The van der Waals surface area contributed by atoms with Gasteiger partial charge in [0.1, 0.15) is 11.5 Å². The number of nitrogen functional groups attached to an aromatic ring is 1. The molecule has 0 aliphatic rings. The number of carbonyl (C=O) groups excluding carboxylic acids is 1. The molecule has 2 aromatic carbocycles. The highest BCUT2D eigenvalue weighted by molar-refractivity contribution is 6.30. The maximum atomic E-state index is 12.5. The zero-order valence-corrected chi connectivity index (χ0v) is 14.9. The summed E-state index contributed by atoms with van der Waals surface area (Å²) in [5.74, 6) is 1.81. The van der Waals surface area contributed by atoms with Crippen molar-refractivity contribution < 1.29 is 14.3 Å². The first-order valence-electron chi connectivity index (χ1n) is 7.90. The third-order valence-corrected chi connectivity index (χ3v) is 3.94. The third-order valence-electron chi connectivity index (χ3n) is 3.73. The second-order valence-corrected chi connectivity index (χ2v) is 6.05. The van der Waals surface area contributed by atoms with E-state index >= 15 is 0 Å². The minimum absolute atomic E-state index is 0.00927. The lowest BCUT2D eigenvalue weighted by Crippen LogP contribution is -2.04. The highest BCUT2D eigenvalue weighted by atomic mass is 35.5. The fraction of sp³-hybridized carbons (Fsp3) is 0.100. The van der Waals surface area contributed by atoms with Gasteiger partial charge in [-0.3, -0.25) is 4.79 Å². The maximum Gasteiger partial charge on any atom is 0.170 e. The van der Waals surface area contributed by atoms with Crippen molar-refractivity contribution >= 4 is 23.2 Å². The second-order valence-electron chi connectivity index (χ2n) is 5.62. The van der Waals surface area contributed by atoms with Gasteiger partial charge in [0.05, 0.1) is 12.1 Å². The van der Waals surface area contributed by atoms with E-state index in [1.807, 2.05) is 12.1 Å². The highest BCUT2D eigenvalue weighted by Crippen LogP contribution is 2.29. The van der Waals surface area contributed by atoms with Crippen LogP contribution in [0, 0.1) is 0 Å². The number of hydrogen-bond donors (Lipinski definition) is 1. The maximum absolute atomic E-state index is 12.5. The monoisotopic (exact) mass is 368 g/mol. The number of rotatable bonds is 6. The van der Waals surface area contributed by atoms with Crippen LogP contribution in [0.25, 0.3) is 0 Å². The molecule has 0 saturated carbocycles. The molecule has 5 nitrogen and oxygen atoms in total. The Labute approximate surface area is 156 Å². The Balaban J connectivity index is 1.76. The molecule has 1 aromatic heterocycles. The van der Waals surface area contributed by atoms with Crippen LogP contribution in [0.4, 0.5) is 5.82 Å². The first kappa shape index (κ1) is 17.8. The van der Waals surface area contributed by atoms with Gasteiger partial charge in [-0.2, -0.15) is 0 Å². The van der Waals surface area contributed by atoms with Crippen LogP contribution in [0.3, 0.4) is 0 Å². The number of nitrogens with two attached hydrogens (primary N) is 1.